The molecule has 2 N–H and O–H groups in total. The fourth-order valence-corrected chi connectivity index (χ4v) is 1.67. The summed E-state index contributed by atoms with van der Waals surface area (Å²) < 4.78 is 5.57. The summed E-state index contributed by atoms with van der Waals surface area (Å²) in [6, 6.07) is 0.0396. The molecule has 0 aromatic rings. The van der Waals surface area contributed by atoms with Crippen LogP contribution in [0.25, 0.3) is 0 Å². The van der Waals surface area contributed by atoms with E-state index in [2.05, 4.69) is 25.1 Å². The number of terminal acetylenes is 1. The fourth-order valence-electron chi connectivity index (χ4n) is 1.67. The summed E-state index contributed by atoms with van der Waals surface area (Å²) in [6.45, 7) is 9.23. The van der Waals surface area contributed by atoms with Gasteiger partial charge in [0.2, 0.25) is 0 Å². The van der Waals surface area contributed by atoms with E-state index in [0.717, 1.165) is 12.8 Å². The Labute approximate surface area is 106 Å². The molecule has 0 fully saturated rings. The SMILES string of the molecule is C#CC(CC)NCC(O)COC(C)CC(C)C. The van der Waals surface area contributed by atoms with Crippen molar-refractivity contribution < 1.29 is 9.84 Å². The summed E-state index contributed by atoms with van der Waals surface area (Å²) in [4.78, 5) is 0. The molecule has 0 radical (unpaired) electrons. The van der Waals surface area contributed by atoms with Crippen LogP contribution in [0, 0.1) is 18.3 Å². The molecule has 17 heavy (non-hydrogen) atoms. The quantitative estimate of drug-likeness (QED) is 0.605. The topological polar surface area (TPSA) is 41.5 Å². The van der Waals surface area contributed by atoms with Crippen LogP contribution in [-0.4, -0.2) is 36.5 Å². The molecule has 0 rings (SSSR count). The van der Waals surface area contributed by atoms with Crippen molar-refractivity contribution in [3.63, 3.8) is 0 Å². The fraction of sp³-hybridized carbons (Fsp3) is 0.857. The normalized spacial score (nSPS) is 16.5. The molecule has 3 atom stereocenters. The summed E-state index contributed by atoms with van der Waals surface area (Å²) in [6.07, 6.45) is 6.91. The highest BCUT2D eigenvalue weighted by Crippen LogP contribution is 2.07. The first-order valence-electron chi connectivity index (χ1n) is 6.48. The summed E-state index contributed by atoms with van der Waals surface area (Å²) in [5.41, 5.74) is 0. The molecule has 0 aromatic carbocycles. The molecular weight excluding hydrogens is 214 g/mol. The third kappa shape index (κ3) is 9.17. The molecule has 3 unspecified atom stereocenters. The lowest BCUT2D eigenvalue weighted by atomic mass is 10.1. The van der Waals surface area contributed by atoms with E-state index >= 15 is 0 Å². The first-order valence-corrected chi connectivity index (χ1v) is 6.48. The van der Waals surface area contributed by atoms with E-state index < -0.39 is 6.10 Å². The molecule has 0 saturated heterocycles. The zero-order valence-electron chi connectivity index (χ0n) is 11.6. The molecule has 3 nitrogen and oxygen atoms in total. The smallest absolute Gasteiger partial charge is 0.0898 e. The highest BCUT2D eigenvalue weighted by atomic mass is 16.5. The minimum Gasteiger partial charge on any atom is -0.389 e. The largest absolute Gasteiger partial charge is 0.389 e. The van der Waals surface area contributed by atoms with E-state index in [-0.39, 0.29) is 12.1 Å². The Hall–Kier alpha value is -0.560. The Kier molecular flexibility index (Phi) is 9.16. The first kappa shape index (κ1) is 16.4. The van der Waals surface area contributed by atoms with Gasteiger partial charge in [-0.05, 0) is 25.7 Å². The predicted octanol–water partition coefficient (Wildman–Crippen LogP) is 1.80. The van der Waals surface area contributed by atoms with Gasteiger partial charge in [0, 0.05) is 6.54 Å². The molecule has 0 aliphatic rings. The second-order valence-corrected chi connectivity index (χ2v) is 4.96. The Balaban J connectivity index is 3.65. The Bertz CT molecular complexity index is 223. The second kappa shape index (κ2) is 9.47. The van der Waals surface area contributed by atoms with Crippen molar-refractivity contribution in [2.45, 2.75) is 58.8 Å². The van der Waals surface area contributed by atoms with Gasteiger partial charge < -0.3 is 15.2 Å². The number of aliphatic hydroxyl groups is 1. The number of ether oxygens (including phenoxy) is 1. The van der Waals surface area contributed by atoms with Crippen LogP contribution in [0.4, 0.5) is 0 Å². The summed E-state index contributed by atoms with van der Waals surface area (Å²) >= 11 is 0. The lowest BCUT2D eigenvalue weighted by molar-refractivity contribution is -0.00886. The standard InChI is InChI=1S/C14H27NO2/c1-6-13(7-2)15-9-14(16)10-17-12(5)8-11(3)4/h1,11-16H,7-10H2,2-5H3. The van der Waals surface area contributed by atoms with Crippen LogP contribution in [0.3, 0.4) is 0 Å². The van der Waals surface area contributed by atoms with E-state index in [1.165, 1.54) is 0 Å². The zero-order chi connectivity index (χ0) is 13.3. The molecular formula is C14H27NO2. The van der Waals surface area contributed by atoms with E-state index in [4.69, 9.17) is 11.2 Å². The van der Waals surface area contributed by atoms with Gasteiger partial charge in [-0.25, -0.2) is 0 Å². The summed E-state index contributed by atoms with van der Waals surface area (Å²) in [5, 5.41) is 12.8. The predicted molar refractivity (Wildman–Crippen MR) is 71.8 cm³/mol. The molecule has 0 spiro atoms. The average molecular weight is 241 g/mol. The monoisotopic (exact) mass is 241 g/mol. The molecule has 0 aliphatic carbocycles. The maximum atomic E-state index is 9.72. The van der Waals surface area contributed by atoms with Crippen molar-refractivity contribution in [1.29, 1.82) is 0 Å². The molecule has 3 heteroatoms. The second-order valence-electron chi connectivity index (χ2n) is 4.96. The summed E-state index contributed by atoms with van der Waals surface area (Å²) in [7, 11) is 0. The van der Waals surface area contributed by atoms with Crippen LogP contribution in [0.1, 0.15) is 40.5 Å². The maximum absolute atomic E-state index is 9.72. The van der Waals surface area contributed by atoms with Gasteiger partial charge >= 0.3 is 0 Å². The van der Waals surface area contributed by atoms with Crippen molar-refractivity contribution in [2.24, 2.45) is 5.92 Å². The molecule has 0 bridgehead atoms. The average Bonchev–Trinajstić information content (AvgIpc) is 2.27. The van der Waals surface area contributed by atoms with E-state index in [0.29, 0.717) is 19.1 Å². The van der Waals surface area contributed by atoms with Gasteiger partial charge in [0.05, 0.1) is 24.9 Å². The molecule has 100 valence electrons. The maximum Gasteiger partial charge on any atom is 0.0898 e. The molecule has 0 aromatic heterocycles. The lowest BCUT2D eigenvalue weighted by Crippen LogP contribution is -2.37. The van der Waals surface area contributed by atoms with Crippen molar-refractivity contribution in [3.8, 4) is 12.3 Å². The highest BCUT2D eigenvalue weighted by Gasteiger charge is 2.10. The molecule has 0 saturated carbocycles. The third-order valence-electron chi connectivity index (χ3n) is 2.59. The van der Waals surface area contributed by atoms with Gasteiger partial charge in [0.25, 0.3) is 0 Å². The zero-order valence-corrected chi connectivity index (χ0v) is 11.6. The minimum absolute atomic E-state index is 0.0396. The Morgan fingerprint density at radius 1 is 1.35 bits per heavy atom. The van der Waals surface area contributed by atoms with Crippen molar-refractivity contribution in [2.75, 3.05) is 13.2 Å². The van der Waals surface area contributed by atoms with E-state index in [1.807, 2.05) is 13.8 Å². The van der Waals surface area contributed by atoms with Gasteiger partial charge in [0.15, 0.2) is 0 Å². The van der Waals surface area contributed by atoms with Crippen molar-refractivity contribution in [3.05, 3.63) is 0 Å². The van der Waals surface area contributed by atoms with Gasteiger partial charge in [-0.15, -0.1) is 6.42 Å². The van der Waals surface area contributed by atoms with Gasteiger partial charge in [-0.3, -0.25) is 0 Å². The first-order chi connectivity index (χ1) is 7.99. The van der Waals surface area contributed by atoms with Crippen molar-refractivity contribution >= 4 is 0 Å². The van der Waals surface area contributed by atoms with Crippen LogP contribution in [0.5, 0.6) is 0 Å². The van der Waals surface area contributed by atoms with Crippen LogP contribution in [0.2, 0.25) is 0 Å². The highest BCUT2D eigenvalue weighted by molar-refractivity contribution is 4.97. The number of hydrogen-bond donors (Lipinski definition) is 2. The lowest BCUT2D eigenvalue weighted by Gasteiger charge is -2.19. The van der Waals surface area contributed by atoms with Crippen molar-refractivity contribution in [1.82, 2.24) is 5.32 Å². The third-order valence-corrected chi connectivity index (χ3v) is 2.59. The van der Waals surface area contributed by atoms with Crippen LogP contribution >= 0.6 is 0 Å². The molecule has 0 heterocycles. The number of hydrogen-bond acceptors (Lipinski definition) is 3. The van der Waals surface area contributed by atoms with E-state index in [9.17, 15) is 5.11 Å². The number of aliphatic hydroxyl groups excluding tert-OH is 1. The number of nitrogens with one attached hydrogen (secondary N) is 1. The van der Waals surface area contributed by atoms with Gasteiger partial charge in [0.1, 0.15) is 0 Å². The molecule has 0 aliphatic heterocycles. The van der Waals surface area contributed by atoms with E-state index in [1.54, 1.807) is 0 Å². The van der Waals surface area contributed by atoms with Crippen LogP contribution in [0.15, 0.2) is 0 Å². The van der Waals surface area contributed by atoms with Crippen LogP contribution in [-0.2, 0) is 4.74 Å². The van der Waals surface area contributed by atoms with Crippen LogP contribution < -0.4 is 5.32 Å². The summed E-state index contributed by atoms with van der Waals surface area (Å²) in [5.74, 6) is 3.25. The molecule has 0 amide bonds. The number of rotatable bonds is 9. The Morgan fingerprint density at radius 2 is 2.00 bits per heavy atom. The minimum atomic E-state index is -0.494. The van der Waals surface area contributed by atoms with Gasteiger partial charge in [-0.2, -0.15) is 0 Å². The Morgan fingerprint density at radius 3 is 2.47 bits per heavy atom. The van der Waals surface area contributed by atoms with Gasteiger partial charge in [-0.1, -0.05) is 26.7 Å².